The molecule has 2 heterocycles. The number of hydrogen-bond acceptors (Lipinski definition) is 2. The summed E-state index contributed by atoms with van der Waals surface area (Å²) in [5, 5.41) is 12.5. The molecule has 3 heteroatoms. The number of fused-ring (bicyclic) bond motifs is 8. The van der Waals surface area contributed by atoms with E-state index in [1.54, 1.807) is 0 Å². The fourth-order valence-corrected chi connectivity index (χ4v) is 11.0. The van der Waals surface area contributed by atoms with Gasteiger partial charge in [-0.25, -0.2) is 9.97 Å². The van der Waals surface area contributed by atoms with Gasteiger partial charge >= 0.3 is 0 Å². The summed E-state index contributed by atoms with van der Waals surface area (Å²) in [5.74, 6) is 0.693. The number of nitrogens with zero attached hydrogens (tertiary/aromatic N) is 3. The van der Waals surface area contributed by atoms with Crippen LogP contribution in [0.2, 0.25) is 0 Å². The van der Waals surface area contributed by atoms with Gasteiger partial charge in [-0.3, -0.25) is 0 Å². The average Bonchev–Trinajstić information content (AvgIpc) is 3.79. The third-order valence-electron chi connectivity index (χ3n) is 14.4. The Kier molecular flexibility index (Phi) is 9.53. The van der Waals surface area contributed by atoms with Crippen LogP contribution in [0.15, 0.2) is 261 Å². The van der Waals surface area contributed by atoms with Crippen LogP contribution in [-0.2, 0) is 0 Å². The van der Waals surface area contributed by atoms with E-state index in [2.05, 4.69) is 247 Å². The van der Waals surface area contributed by atoms with E-state index in [4.69, 9.17) is 9.97 Å². The SMILES string of the molecule is c1ccc(-c2nc(-c3ccc(-c4ccc(-c5ccc(-c6c7ccccc7cc7c6ccc6ccccc67)cc5)c5ccccc45)cc3)cc(-c3cccc(-n4c5ccccc5c5ccccc54)c3)n2)cc1. The molecule has 0 unspecified atom stereocenters. The fraction of sp³-hybridized carbons (Fsp3) is 0. The van der Waals surface area contributed by atoms with Gasteiger partial charge in [-0.1, -0.05) is 224 Å². The highest BCUT2D eigenvalue weighted by Crippen LogP contribution is 2.42. The summed E-state index contributed by atoms with van der Waals surface area (Å²) >= 11 is 0. The molecule has 0 spiro atoms. The minimum Gasteiger partial charge on any atom is -0.309 e. The molecule has 3 nitrogen and oxygen atoms in total. The van der Waals surface area contributed by atoms with Gasteiger partial charge in [-0.15, -0.1) is 0 Å². The zero-order valence-corrected chi connectivity index (χ0v) is 38.7. The van der Waals surface area contributed by atoms with Crippen molar-refractivity contribution < 1.29 is 0 Å². The first kappa shape index (κ1) is 40.6. The van der Waals surface area contributed by atoms with Gasteiger partial charge in [0.1, 0.15) is 0 Å². The number of para-hydroxylation sites is 2. The van der Waals surface area contributed by atoms with Crippen LogP contribution in [0.3, 0.4) is 0 Å². The Balaban J connectivity index is 0.821. The summed E-state index contributed by atoms with van der Waals surface area (Å²) in [7, 11) is 0. The minimum absolute atomic E-state index is 0.693. The lowest BCUT2D eigenvalue weighted by molar-refractivity contribution is 1.16. The Labute approximate surface area is 411 Å². The van der Waals surface area contributed by atoms with Crippen molar-refractivity contribution >= 4 is 64.9 Å². The highest BCUT2D eigenvalue weighted by atomic mass is 15.0. The molecule has 2 aromatic heterocycles. The largest absolute Gasteiger partial charge is 0.309 e. The highest BCUT2D eigenvalue weighted by Gasteiger charge is 2.17. The number of aromatic nitrogens is 3. The Morgan fingerprint density at radius 3 is 1.42 bits per heavy atom. The summed E-state index contributed by atoms with van der Waals surface area (Å²) in [6, 6.07) is 94.2. The van der Waals surface area contributed by atoms with Crippen LogP contribution in [0.25, 0.3) is 138 Å². The van der Waals surface area contributed by atoms with Crippen LogP contribution in [0.4, 0.5) is 0 Å². The summed E-state index contributed by atoms with van der Waals surface area (Å²) < 4.78 is 2.36. The number of benzene rings is 12. The molecule has 14 aromatic rings. The lowest BCUT2D eigenvalue weighted by Gasteiger charge is -2.15. The number of hydrogen-bond donors (Lipinski definition) is 0. The van der Waals surface area contributed by atoms with E-state index in [0.717, 1.165) is 39.3 Å². The van der Waals surface area contributed by atoms with E-state index in [1.165, 1.54) is 92.7 Å². The molecule has 0 aliphatic carbocycles. The molecule has 14 rings (SSSR count). The van der Waals surface area contributed by atoms with E-state index in [9.17, 15) is 0 Å². The van der Waals surface area contributed by atoms with Crippen LogP contribution < -0.4 is 0 Å². The van der Waals surface area contributed by atoms with E-state index in [0.29, 0.717) is 5.82 Å². The Morgan fingerprint density at radius 2 is 0.761 bits per heavy atom. The summed E-state index contributed by atoms with van der Waals surface area (Å²) in [5.41, 5.74) is 15.5. The van der Waals surface area contributed by atoms with Crippen LogP contribution in [0, 0.1) is 0 Å². The standard InChI is InChI=1S/C68H43N3/c1-2-16-49(17-3-1)68-69-63(43-64(70-68)51-19-14-20-52(41-51)71-65-27-12-10-25-59(65)60-26-11-13-28-66(60)71)47-33-29-45(30-34-47)54-39-40-55(58-24-9-8-23-57(54)58)46-31-35-48(36-32-46)67-56-22-7-5-18-50(56)42-62-53-21-6-4-15-44(53)37-38-61(62)67/h1-43H. The van der Waals surface area contributed by atoms with Crippen molar-refractivity contribution in [1.29, 1.82) is 0 Å². The molecule has 71 heavy (non-hydrogen) atoms. The summed E-state index contributed by atoms with van der Waals surface area (Å²) in [4.78, 5) is 10.4. The fourth-order valence-electron chi connectivity index (χ4n) is 11.0. The van der Waals surface area contributed by atoms with Gasteiger partial charge in [-0.05, 0) is 113 Å². The Bertz CT molecular complexity index is 4320. The molecule has 330 valence electrons. The lowest BCUT2D eigenvalue weighted by Crippen LogP contribution is -1.98. The second-order valence-corrected chi connectivity index (χ2v) is 18.5. The van der Waals surface area contributed by atoms with Crippen molar-refractivity contribution in [2.24, 2.45) is 0 Å². The topological polar surface area (TPSA) is 30.7 Å². The summed E-state index contributed by atoms with van der Waals surface area (Å²) in [6.07, 6.45) is 0. The van der Waals surface area contributed by atoms with Gasteiger partial charge < -0.3 is 4.57 Å². The van der Waals surface area contributed by atoms with Crippen molar-refractivity contribution in [3.05, 3.63) is 261 Å². The number of rotatable bonds is 7. The Hall–Kier alpha value is -9.44. The molecule has 0 amide bonds. The molecule has 0 saturated heterocycles. The smallest absolute Gasteiger partial charge is 0.160 e. The molecule has 0 radical (unpaired) electrons. The monoisotopic (exact) mass is 901 g/mol. The maximum absolute atomic E-state index is 5.21. The molecule has 0 fully saturated rings. The minimum atomic E-state index is 0.693. The molecule has 0 N–H and O–H groups in total. The van der Waals surface area contributed by atoms with Crippen LogP contribution >= 0.6 is 0 Å². The van der Waals surface area contributed by atoms with E-state index < -0.39 is 0 Å². The zero-order valence-electron chi connectivity index (χ0n) is 38.7. The van der Waals surface area contributed by atoms with Crippen molar-refractivity contribution in [3.8, 4) is 73.0 Å². The molecule has 12 aromatic carbocycles. The van der Waals surface area contributed by atoms with Crippen LogP contribution in [0.5, 0.6) is 0 Å². The first-order chi connectivity index (χ1) is 35.2. The van der Waals surface area contributed by atoms with Crippen molar-refractivity contribution in [2.45, 2.75) is 0 Å². The van der Waals surface area contributed by atoms with Gasteiger partial charge in [0.05, 0.1) is 22.4 Å². The molecular weight excluding hydrogens is 859 g/mol. The van der Waals surface area contributed by atoms with Crippen LogP contribution in [-0.4, -0.2) is 14.5 Å². The molecule has 0 saturated carbocycles. The predicted octanol–water partition coefficient (Wildman–Crippen LogP) is 18.2. The van der Waals surface area contributed by atoms with Gasteiger partial charge in [0.2, 0.25) is 0 Å². The second-order valence-electron chi connectivity index (χ2n) is 18.5. The van der Waals surface area contributed by atoms with E-state index in [-0.39, 0.29) is 0 Å². The molecule has 0 bridgehead atoms. The first-order valence-electron chi connectivity index (χ1n) is 24.3. The molecular formula is C68H43N3. The highest BCUT2D eigenvalue weighted by molar-refractivity contribution is 6.20. The predicted molar refractivity (Wildman–Crippen MR) is 299 cm³/mol. The third kappa shape index (κ3) is 6.89. The van der Waals surface area contributed by atoms with E-state index in [1.807, 2.05) is 18.2 Å². The lowest BCUT2D eigenvalue weighted by atomic mass is 9.88. The maximum Gasteiger partial charge on any atom is 0.160 e. The van der Waals surface area contributed by atoms with Gasteiger partial charge in [-0.2, -0.15) is 0 Å². The van der Waals surface area contributed by atoms with Gasteiger partial charge in [0, 0.05) is 33.2 Å². The van der Waals surface area contributed by atoms with E-state index >= 15 is 0 Å². The third-order valence-corrected chi connectivity index (χ3v) is 14.4. The molecule has 0 aliphatic heterocycles. The van der Waals surface area contributed by atoms with Crippen LogP contribution in [0.1, 0.15) is 0 Å². The van der Waals surface area contributed by atoms with Gasteiger partial charge in [0.25, 0.3) is 0 Å². The maximum atomic E-state index is 5.21. The van der Waals surface area contributed by atoms with Crippen molar-refractivity contribution in [1.82, 2.24) is 14.5 Å². The Morgan fingerprint density at radius 1 is 0.254 bits per heavy atom. The first-order valence-corrected chi connectivity index (χ1v) is 24.3. The normalized spacial score (nSPS) is 11.7. The van der Waals surface area contributed by atoms with Crippen molar-refractivity contribution in [2.75, 3.05) is 0 Å². The molecule has 0 aliphatic rings. The zero-order chi connectivity index (χ0) is 46.8. The summed E-state index contributed by atoms with van der Waals surface area (Å²) in [6.45, 7) is 0. The van der Waals surface area contributed by atoms with Crippen molar-refractivity contribution in [3.63, 3.8) is 0 Å². The second kappa shape index (κ2) is 16.7. The quantitative estimate of drug-likeness (QED) is 0.118. The van der Waals surface area contributed by atoms with Gasteiger partial charge in [0.15, 0.2) is 5.82 Å². The molecule has 0 atom stereocenters. The average molecular weight is 902 g/mol.